The quantitative estimate of drug-likeness (QED) is 0.771. The van der Waals surface area contributed by atoms with Crippen molar-refractivity contribution in [1.29, 1.82) is 0 Å². The van der Waals surface area contributed by atoms with Gasteiger partial charge in [0, 0.05) is 10.5 Å². The number of thiazole rings is 1. The minimum atomic E-state index is -0.236. The zero-order valence-corrected chi connectivity index (χ0v) is 13.8. The third-order valence-corrected chi connectivity index (χ3v) is 5.26. The Bertz CT molecular complexity index is 696. The van der Waals surface area contributed by atoms with Crippen LogP contribution in [0.15, 0.2) is 22.7 Å². The second-order valence-corrected chi connectivity index (χ2v) is 6.83. The van der Waals surface area contributed by atoms with E-state index in [2.05, 4.69) is 31.5 Å². The Morgan fingerprint density at radius 1 is 1.48 bits per heavy atom. The Morgan fingerprint density at radius 2 is 2.24 bits per heavy atom. The number of rotatable bonds is 4. The van der Waals surface area contributed by atoms with Gasteiger partial charge in [0.25, 0.3) is 5.91 Å². The van der Waals surface area contributed by atoms with Gasteiger partial charge >= 0.3 is 0 Å². The molecule has 0 unspecified atom stereocenters. The van der Waals surface area contributed by atoms with E-state index in [0.29, 0.717) is 16.1 Å². The molecule has 1 aliphatic rings. The monoisotopic (exact) mass is 366 g/mol. The number of carbonyl (C=O) groups excluding carboxylic acids is 1. The van der Waals surface area contributed by atoms with Gasteiger partial charge in [-0.25, -0.2) is 4.98 Å². The first kappa shape index (κ1) is 14.3. The largest absolute Gasteiger partial charge is 0.382 e. The predicted molar refractivity (Wildman–Crippen MR) is 90.0 cm³/mol. The number of amides is 1. The highest BCUT2D eigenvalue weighted by molar-refractivity contribution is 9.10. The number of halogens is 1. The lowest BCUT2D eigenvalue weighted by Gasteiger charge is -2.08. The van der Waals surface area contributed by atoms with Crippen molar-refractivity contribution in [1.82, 2.24) is 4.98 Å². The summed E-state index contributed by atoms with van der Waals surface area (Å²) in [5.41, 5.74) is 7.63. The van der Waals surface area contributed by atoms with Crippen molar-refractivity contribution in [3.8, 4) is 0 Å². The Balaban J connectivity index is 1.78. The molecule has 7 heteroatoms. The summed E-state index contributed by atoms with van der Waals surface area (Å²) >= 11 is 4.77. The Labute approximate surface area is 135 Å². The number of hydrogen-bond donors (Lipinski definition) is 3. The van der Waals surface area contributed by atoms with Crippen LogP contribution >= 0.6 is 27.3 Å². The molecule has 21 heavy (non-hydrogen) atoms. The molecule has 0 spiro atoms. The summed E-state index contributed by atoms with van der Waals surface area (Å²) in [5.74, 6) is 0.0320. The number of benzene rings is 1. The molecule has 0 aliphatic heterocycles. The molecule has 3 rings (SSSR count). The summed E-state index contributed by atoms with van der Waals surface area (Å²) in [6, 6.07) is 6.19. The van der Waals surface area contributed by atoms with Gasteiger partial charge in [0.1, 0.15) is 10.7 Å². The van der Waals surface area contributed by atoms with Crippen molar-refractivity contribution < 1.29 is 4.79 Å². The standard InChI is InChI=1S/C14H15BrN4OS/c1-7-3-2-4-9(10(7)15)18-13(20)11-12(16)19-14(21-11)17-8-5-6-8/h2-4,8H,5-6,16H2,1H3,(H,17,19)(H,18,20). The van der Waals surface area contributed by atoms with Gasteiger partial charge in [0.05, 0.1) is 5.69 Å². The first-order valence-corrected chi connectivity index (χ1v) is 8.25. The lowest BCUT2D eigenvalue weighted by Crippen LogP contribution is -2.12. The highest BCUT2D eigenvalue weighted by Crippen LogP contribution is 2.32. The van der Waals surface area contributed by atoms with Crippen molar-refractivity contribution in [2.45, 2.75) is 25.8 Å². The first-order chi connectivity index (χ1) is 10.0. The van der Waals surface area contributed by atoms with Crippen LogP contribution in [-0.4, -0.2) is 16.9 Å². The molecule has 0 atom stereocenters. The number of hydrogen-bond acceptors (Lipinski definition) is 5. The Hall–Kier alpha value is -1.60. The molecule has 1 heterocycles. The molecular formula is C14H15BrN4OS. The van der Waals surface area contributed by atoms with Crippen molar-refractivity contribution in [2.75, 3.05) is 16.4 Å². The van der Waals surface area contributed by atoms with Gasteiger partial charge < -0.3 is 16.4 Å². The maximum absolute atomic E-state index is 12.3. The normalized spacial score (nSPS) is 14.0. The van der Waals surface area contributed by atoms with Crippen molar-refractivity contribution in [3.05, 3.63) is 33.1 Å². The molecule has 1 amide bonds. The molecule has 1 aromatic carbocycles. The fraction of sp³-hybridized carbons (Fsp3) is 0.286. The highest BCUT2D eigenvalue weighted by Gasteiger charge is 2.24. The zero-order valence-electron chi connectivity index (χ0n) is 11.4. The van der Waals surface area contributed by atoms with Gasteiger partial charge in [-0.3, -0.25) is 4.79 Å². The van der Waals surface area contributed by atoms with Crippen LogP contribution < -0.4 is 16.4 Å². The van der Waals surface area contributed by atoms with Crippen LogP contribution in [0.3, 0.4) is 0 Å². The van der Waals surface area contributed by atoms with Gasteiger partial charge in [0.2, 0.25) is 0 Å². The first-order valence-electron chi connectivity index (χ1n) is 6.64. The van der Waals surface area contributed by atoms with E-state index in [1.54, 1.807) is 0 Å². The number of aryl methyl sites for hydroxylation is 1. The molecule has 1 aromatic heterocycles. The van der Waals surface area contributed by atoms with Gasteiger partial charge in [-0.05, 0) is 47.3 Å². The van der Waals surface area contributed by atoms with E-state index in [1.807, 2.05) is 25.1 Å². The van der Waals surface area contributed by atoms with Crippen LogP contribution in [0.4, 0.5) is 16.6 Å². The summed E-state index contributed by atoms with van der Waals surface area (Å²) in [4.78, 5) is 17.0. The number of nitrogens with two attached hydrogens (primary N) is 1. The third kappa shape index (κ3) is 3.19. The molecule has 1 fully saturated rings. The molecule has 1 saturated carbocycles. The van der Waals surface area contributed by atoms with Crippen LogP contribution in [0, 0.1) is 6.92 Å². The van der Waals surface area contributed by atoms with Crippen molar-refractivity contribution in [2.24, 2.45) is 0 Å². The summed E-state index contributed by atoms with van der Waals surface area (Å²) in [5, 5.41) is 6.83. The number of nitrogen functional groups attached to an aromatic ring is 1. The van der Waals surface area contributed by atoms with E-state index in [1.165, 1.54) is 11.3 Å². The topological polar surface area (TPSA) is 80.0 Å². The van der Waals surface area contributed by atoms with Gasteiger partial charge in [-0.2, -0.15) is 0 Å². The minimum absolute atomic E-state index is 0.236. The van der Waals surface area contributed by atoms with E-state index in [9.17, 15) is 4.79 Å². The van der Waals surface area contributed by atoms with Gasteiger partial charge in [-0.1, -0.05) is 23.5 Å². The molecule has 2 aromatic rings. The number of anilines is 3. The highest BCUT2D eigenvalue weighted by atomic mass is 79.9. The summed E-state index contributed by atoms with van der Waals surface area (Å²) in [6.07, 6.45) is 2.30. The molecule has 110 valence electrons. The van der Waals surface area contributed by atoms with Crippen LogP contribution in [0.1, 0.15) is 28.1 Å². The summed E-state index contributed by atoms with van der Waals surface area (Å²) in [6.45, 7) is 1.97. The number of aromatic nitrogens is 1. The smallest absolute Gasteiger partial charge is 0.269 e. The van der Waals surface area contributed by atoms with Crippen LogP contribution in [0.2, 0.25) is 0 Å². The lowest BCUT2D eigenvalue weighted by molar-refractivity contribution is 0.103. The number of carbonyl (C=O) groups is 1. The fourth-order valence-electron chi connectivity index (χ4n) is 1.88. The predicted octanol–water partition coefficient (Wildman–Crippen LogP) is 3.62. The van der Waals surface area contributed by atoms with Crippen LogP contribution in [0.5, 0.6) is 0 Å². The van der Waals surface area contributed by atoms with E-state index >= 15 is 0 Å². The van der Waals surface area contributed by atoms with Crippen molar-refractivity contribution in [3.63, 3.8) is 0 Å². The molecule has 5 nitrogen and oxygen atoms in total. The summed E-state index contributed by atoms with van der Waals surface area (Å²) in [7, 11) is 0. The second-order valence-electron chi connectivity index (χ2n) is 5.04. The van der Waals surface area contributed by atoms with E-state index in [4.69, 9.17) is 5.73 Å². The average molecular weight is 367 g/mol. The van der Waals surface area contributed by atoms with E-state index in [-0.39, 0.29) is 11.7 Å². The van der Waals surface area contributed by atoms with E-state index < -0.39 is 0 Å². The SMILES string of the molecule is Cc1cccc(NC(=O)c2sc(NC3CC3)nc2N)c1Br. The number of nitrogens with zero attached hydrogens (tertiary/aromatic N) is 1. The molecular weight excluding hydrogens is 352 g/mol. The van der Waals surface area contributed by atoms with Gasteiger partial charge in [0.15, 0.2) is 5.13 Å². The van der Waals surface area contributed by atoms with Crippen molar-refractivity contribution >= 4 is 49.8 Å². The van der Waals surface area contributed by atoms with E-state index in [0.717, 1.165) is 28.6 Å². The maximum atomic E-state index is 12.3. The Morgan fingerprint density at radius 3 is 2.95 bits per heavy atom. The molecule has 0 radical (unpaired) electrons. The lowest BCUT2D eigenvalue weighted by atomic mass is 10.2. The molecule has 1 aliphatic carbocycles. The second kappa shape index (κ2) is 5.65. The molecule has 0 saturated heterocycles. The van der Waals surface area contributed by atoms with Crippen LogP contribution in [-0.2, 0) is 0 Å². The third-order valence-electron chi connectivity index (χ3n) is 3.20. The molecule has 0 bridgehead atoms. The van der Waals surface area contributed by atoms with Crippen LogP contribution in [0.25, 0.3) is 0 Å². The zero-order chi connectivity index (χ0) is 15.0. The molecule has 4 N–H and O–H groups in total. The Kier molecular flexibility index (Phi) is 3.86. The fourth-order valence-corrected chi connectivity index (χ4v) is 3.10. The average Bonchev–Trinajstić information content (AvgIpc) is 3.17. The minimum Gasteiger partial charge on any atom is -0.382 e. The summed E-state index contributed by atoms with van der Waals surface area (Å²) < 4.78 is 0.873. The van der Waals surface area contributed by atoms with Gasteiger partial charge in [-0.15, -0.1) is 0 Å². The maximum Gasteiger partial charge on any atom is 0.269 e. The number of nitrogens with one attached hydrogen (secondary N) is 2.